The first-order valence-corrected chi connectivity index (χ1v) is 12.3. The third-order valence-corrected chi connectivity index (χ3v) is 9.96. The van der Waals surface area contributed by atoms with E-state index in [4.69, 9.17) is 5.26 Å². The lowest BCUT2D eigenvalue weighted by Gasteiger charge is -2.57. The van der Waals surface area contributed by atoms with E-state index in [1.807, 2.05) is 19.9 Å². The van der Waals surface area contributed by atoms with E-state index < -0.39 is 11.6 Å². The third-order valence-electron chi connectivity index (χ3n) is 9.96. The van der Waals surface area contributed by atoms with Gasteiger partial charge in [-0.15, -0.1) is 5.10 Å². The molecule has 31 heavy (non-hydrogen) atoms. The van der Waals surface area contributed by atoms with Gasteiger partial charge in [-0.25, -0.2) is 0 Å². The van der Waals surface area contributed by atoms with Gasteiger partial charge in [0.2, 0.25) is 0 Å². The monoisotopic (exact) mass is 424 g/mol. The molecule has 6 heteroatoms. The van der Waals surface area contributed by atoms with Crippen molar-refractivity contribution in [3.05, 3.63) is 11.9 Å². The normalized spacial score (nSPS) is 45.1. The smallest absolute Gasteiger partial charge is 0.182 e. The summed E-state index contributed by atoms with van der Waals surface area (Å²) < 4.78 is 0. The molecular weight excluding hydrogens is 388 g/mol. The van der Waals surface area contributed by atoms with Crippen LogP contribution in [0.4, 0.5) is 0 Å². The Hall–Kier alpha value is -1.74. The quantitative estimate of drug-likeness (QED) is 0.781. The molecule has 9 atom stereocenters. The van der Waals surface area contributed by atoms with E-state index in [2.05, 4.69) is 17.1 Å². The molecule has 0 saturated heterocycles. The fourth-order valence-electron chi connectivity index (χ4n) is 8.47. The van der Waals surface area contributed by atoms with Gasteiger partial charge in [-0.1, -0.05) is 6.92 Å². The number of nitriles is 1. The van der Waals surface area contributed by atoms with Gasteiger partial charge in [0, 0.05) is 5.92 Å². The molecule has 0 spiro atoms. The summed E-state index contributed by atoms with van der Waals surface area (Å²) in [5.74, 6) is 3.93. The molecule has 168 valence electrons. The van der Waals surface area contributed by atoms with Gasteiger partial charge < -0.3 is 5.11 Å². The fraction of sp³-hybridized carbons (Fsp3) is 0.840. The minimum atomic E-state index is -0.468. The summed E-state index contributed by atoms with van der Waals surface area (Å²) in [5.41, 5.74) is -0.131. The van der Waals surface area contributed by atoms with Gasteiger partial charge in [0.1, 0.15) is 12.1 Å². The maximum Gasteiger partial charge on any atom is 0.182 e. The molecule has 6 nitrogen and oxygen atoms in total. The molecule has 1 heterocycles. The Morgan fingerprint density at radius 2 is 1.94 bits per heavy atom. The zero-order chi connectivity index (χ0) is 22.0. The van der Waals surface area contributed by atoms with Crippen molar-refractivity contribution in [3.63, 3.8) is 0 Å². The minimum absolute atomic E-state index is 0.0646. The van der Waals surface area contributed by atoms with Crippen LogP contribution in [-0.2, 0) is 4.79 Å². The van der Waals surface area contributed by atoms with Gasteiger partial charge in [0.25, 0.3) is 0 Å². The Morgan fingerprint density at radius 1 is 1.16 bits per heavy atom. The van der Waals surface area contributed by atoms with Crippen LogP contribution in [0.25, 0.3) is 0 Å². The second-order valence-electron chi connectivity index (χ2n) is 11.6. The standard InChI is InChI=1S/C25H36N4O2/c1-15(29-27-14-17(13-26)28-29)23(30)22-7-6-21-20-5-4-16-12-24(2,31)10-8-18(16)19(20)9-11-25(21,22)3/h14-16,18-22,31H,4-12H2,1-3H3/t15-,16-,18+,19-,20-,21+,22-,24-,25+/m1/s1. The van der Waals surface area contributed by atoms with Gasteiger partial charge >= 0.3 is 0 Å². The molecule has 1 aromatic heterocycles. The van der Waals surface area contributed by atoms with Crippen LogP contribution in [-0.4, -0.2) is 31.5 Å². The zero-order valence-corrected chi connectivity index (χ0v) is 19.1. The van der Waals surface area contributed by atoms with Crippen LogP contribution < -0.4 is 0 Å². The lowest BCUT2D eigenvalue weighted by atomic mass is 9.49. The van der Waals surface area contributed by atoms with Crippen LogP contribution in [0.3, 0.4) is 0 Å². The van der Waals surface area contributed by atoms with Crippen molar-refractivity contribution in [2.75, 3.05) is 0 Å². The summed E-state index contributed by atoms with van der Waals surface area (Å²) in [7, 11) is 0. The summed E-state index contributed by atoms with van der Waals surface area (Å²) in [4.78, 5) is 15.0. The highest BCUT2D eigenvalue weighted by Gasteiger charge is 2.59. The molecule has 4 aliphatic carbocycles. The van der Waals surface area contributed by atoms with Crippen LogP contribution in [0, 0.1) is 52.3 Å². The second kappa shape index (κ2) is 7.40. The van der Waals surface area contributed by atoms with Crippen molar-refractivity contribution < 1.29 is 9.90 Å². The lowest BCUT2D eigenvalue weighted by molar-refractivity contribution is -0.135. The van der Waals surface area contributed by atoms with Gasteiger partial charge in [-0.3, -0.25) is 4.79 Å². The van der Waals surface area contributed by atoms with E-state index in [9.17, 15) is 9.90 Å². The molecule has 0 radical (unpaired) electrons. The van der Waals surface area contributed by atoms with Crippen LogP contribution in [0.2, 0.25) is 0 Å². The molecule has 0 aromatic carbocycles. The molecule has 1 aromatic rings. The Labute approximate surface area is 185 Å². The Kier molecular flexibility index (Phi) is 5.04. The molecule has 4 aliphatic rings. The number of carbonyl (C=O) groups is 1. The van der Waals surface area contributed by atoms with Crippen LogP contribution in [0.5, 0.6) is 0 Å². The maximum atomic E-state index is 13.6. The number of aliphatic hydroxyl groups is 1. The minimum Gasteiger partial charge on any atom is -0.390 e. The Morgan fingerprint density at radius 3 is 2.68 bits per heavy atom. The van der Waals surface area contributed by atoms with Gasteiger partial charge in [0.15, 0.2) is 11.5 Å². The molecule has 0 amide bonds. The first-order chi connectivity index (χ1) is 14.7. The number of carbonyl (C=O) groups excluding carboxylic acids is 1. The highest BCUT2D eigenvalue weighted by atomic mass is 16.3. The summed E-state index contributed by atoms with van der Waals surface area (Å²) in [6.07, 6.45) is 11.6. The van der Waals surface area contributed by atoms with E-state index in [0.717, 1.165) is 49.9 Å². The first kappa shape index (κ1) is 21.1. The number of nitrogens with zero attached hydrogens (tertiary/aromatic N) is 4. The van der Waals surface area contributed by atoms with E-state index in [-0.39, 0.29) is 22.8 Å². The first-order valence-electron chi connectivity index (χ1n) is 12.3. The molecule has 5 rings (SSSR count). The van der Waals surface area contributed by atoms with Crippen molar-refractivity contribution in [1.29, 1.82) is 5.26 Å². The zero-order valence-electron chi connectivity index (χ0n) is 19.1. The number of fused-ring (bicyclic) bond motifs is 5. The number of hydrogen-bond donors (Lipinski definition) is 1. The highest BCUT2D eigenvalue weighted by Crippen LogP contribution is 2.65. The van der Waals surface area contributed by atoms with Crippen LogP contribution in [0.15, 0.2) is 6.20 Å². The molecule has 4 fully saturated rings. The summed E-state index contributed by atoms with van der Waals surface area (Å²) in [6, 6.07) is 1.58. The molecular formula is C25H36N4O2. The summed E-state index contributed by atoms with van der Waals surface area (Å²) in [6.45, 7) is 6.28. The largest absolute Gasteiger partial charge is 0.390 e. The van der Waals surface area contributed by atoms with Crippen molar-refractivity contribution in [2.45, 2.75) is 90.2 Å². The third kappa shape index (κ3) is 3.35. The SMILES string of the molecule is C[C@H](C(=O)[C@H]1CC[C@H]2[C@@H]3CC[C@@H]4C[C@](C)(O)CC[C@@H]4[C@H]3CC[C@]12C)n1ncc(C#N)n1. The molecule has 0 aliphatic heterocycles. The Bertz CT molecular complexity index is 902. The van der Waals surface area contributed by atoms with E-state index in [0.29, 0.717) is 11.8 Å². The van der Waals surface area contributed by atoms with E-state index in [1.54, 1.807) is 0 Å². The van der Waals surface area contributed by atoms with Gasteiger partial charge in [0.05, 0.1) is 11.8 Å². The predicted molar refractivity (Wildman–Crippen MR) is 116 cm³/mol. The van der Waals surface area contributed by atoms with Crippen molar-refractivity contribution >= 4 is 5.78 Å². The number of aromatic nitrogens is 3. The van der Waals surface area contributed by atoms with Crippen molar-refractivity contribution in [1.82, 2.24) is 15.0 Å². The van der Waals surface area contributed by atoms with E-state index in [1.165, 1.54) is 36.7 Å². The molecule has 0 bridgehead atoms. The maximum absolute atomic E-state index is 13.6. The molecule has 1 N–H and O–H groups in total. The second-order valence-corrected chi connectivity index (χ2v) is 11.6. The lowest BCUT2D eigenvalue weighted by Crippen LogP contribution is -2.51. The van der Waals surface area contributed by atoms with Crippen LogP contribution in [0.1, 0.15) is 90.3 Å². The number of rotatable bonds is 3. The predicted octanol–water partition coefficient (Wildman–Crippen LogP) is 4.30. The van der Waals surface area contributed by atoms with Gasteiger partial charge in [-0.2, -0.15) is 15.2 Å². The highest BCUT2D eigenvalue weighted by molar-refractivity contribution is 5.85. The fourth-order valence-corrected chi connectivity index (χ4v) is 8.47. The topological polar surface area (TPSA) is 91.8 Å². The average molecular weight is 425 g/mol. The molecule has 4 saturated carbocycles. The van der Waals surface area contributed by atoms with Crippen LogP contribution >= 0.6 is 0 Å². The van der Waals surface area contributed by atoms with Crippen molar-refractivity contribution in [3.8, 4) is 6.07 Å². The molecule has 0 unspecified atom stereocenters. The van der Waals surface area contributed by atoms with Crippen molar-refractivity contribution in [2.24, 2.45) is 40.9 Å². The summed E-state index contributed by atoms with van der Waals surface area (Å²) >= 11 is 0. The number of ketones is 1. The van der Waals surface area contributed by atoms with E-state index >= 15 is 0 Å². The average Bonchev–Trinajstić information content (AvgIpc) is 3.35. The Balaban J connectivity index is 1.33. The van der Waals surface area contributed by atoms with Gasteiger partial charge in [-0.05, 0) is 107 Å². The number of Topliss-reactive ketones (excluding diaryl/α,β-unsaturated/α-hetero) is 1. The number of hydrogen-bond acceptors (Lipinski definition) is 5. The summed E-state index contributed by atoms with van der Waals surface area (Å²) in [5, 5.41) is 28.0.